The Hall–Kier alpha value is -2.81. The van der Waals surface area contributed by atoms with E-state index in [1.807, 2.05) is 6.07 Å². The van der Waals surface area contributed by atoms with Crippen LogP contribution < -0.4 is 5.56 Å². The number of hydrogen-bond donors (Lipinski definition) is 2. The van der Waals surface area contributed by atoms with Gasteiger partial charge < -0.3 is 10.1 Å². The molecular formula is C17H9Cl2N3O2. The fourth-order valence-electron chi connectivity index (χ4n) is 2.17. The van der Waals surface area contributed by atoms with Gasteiger partial charge in [-0.2, -0.15) is 5.26 Å². The molecule has 0 bridgehead atoms. The van der Waals surface area contributed by atoms with E-state index in [4.69, 9.17) is 28.5 Å². The Labute approximate surface area is 146 Å². The number of halogens is 2. The Balaban J connectivity index is 2.15. The lowest BCUT2D eigenvalue weighted by molar-refractivity contribution is 0.515. The molecule has 3 rings (SSSR count). The van der Waals surface area contributed by atoms with Gasteiger partial charge in [-0.1, -0.05) is 29.3 Å². The predicted molar refractivity (Wildman–Crippen MR) is 94.0 cm³/mol. The van der Waals surface area contributed by atoms with Gasteiger partial charge in [0.15, 0.2) is 0 Å². The lowest BCUT2D eigenvalue weighted by atomic mass is 10.1. The van der Waals surface area contributed by atoms with Crippen molar-refractivity contribution in [2.45, 2.75) is 0 Å². The number of H-pyrrole nitrogens is 1. The summed E-state index contributed by atoms with van der Waals surface area (Å²) >= 11 is 12.0. The number of aromatic amines is 1. The molecule has 118 valence electrons. The lowest BCUT2D eigenvalue weighted by Gasteiger charge is -2.05. The monoisotopic (exact) mass is 357 g/mol. The Morgan fingerprint density at radius 3 is 2.83 bits per heavy atom. The van der Waals surface area contributed by atoms with Gasteiger partial charge in [-0.05, 0) is 30.3 Å². The van der Waals surface area contributed by atoms with Crippen LogP contribution in [-0.2, 0) is 0 Å². The van der Waals surface area contributed by atoms with Crippen molar-refractivity contribution in [3.8, 4) is 6.07 Å². The third-order valence-corrected chi connectivity index (χ3v) is 4.17. The van der Waals surface area contributed by atoms with E-state index >= 15 is 0 Å². The minimum absolute atomic E-state index is 0.00821. The number of aromatic nitrogens is 2. The third-order valence-electron chi connectivity index (χ3n) is 3.35. The van der Waals surface area contributed by atoms with Crippen LogP contribution in [0.3, 0.4) is 0 Å². The van der Waals surface area contributed by atoms with Gasteiger partial charge in [-0.15, -0.1) is 0 Å². The van der Waals surface area contributed by atoms with Gasteiger partial charge in [0, 0.05) is 11.6 Å². The summed E-state index contributed by atoms with van der Waals surface area (Å²) in [5.41, 5.74) is 1.15. The third kappa shape index (κ3) is 2.98. The average Bonchev–Trinajstić information content (AvgIpc) is 2.57. The summed E-state index contributed by atoms with van der Waals surface area (Å²) in [6.07, 6.45) is 1.20. The highest BCUT2D eigenvalue weighted by Gasteiger charge is 2.10. The summed E-state index contributed by atoms with van der Waals surface area (Å²) in [5.74, 6) is -0.240. The molecule has 1 heterocycles. The quantitative estimate of drug-likeness (QED) is 0.673. The molecule has 0 atom stereocenters. The molecular weight excluding hydrogens is 349 g/mol. The summed E-state index contributed by atoms with van der Waals surface area (Å²) in [5, 5.41) is 19.7. The molecule has 0 aliphatic carbocycles. The van der Waals surface area contributed by atoms with E-state index in [-0.39, 0.29) is 27.1 Å². The van der Waals surface area contributed by atoms with Crippen LogP contribution in [0.2, 0.25) is 10.0 Å². The van der Waals surface area contributed by atoms with E-state index in [1.165, 1.54) is 6.08 Å². The molecule has 0 aliphatic heterocycles. The number of rotatable bonds is 2. The van der Waals surface area contributed by atoms with Crippen molar-refractivity contribution in [2.24, 2.45) is 0 Å². The van der Waals surface area contributed by atoms with Crippen molar-refractivity contribution >= 4 is 46.1 Å². The first kappa shape index (κ1) is 16.1. The summed E-state index contributed by atoms with van der Waals surface area (Å²) in [6.45, 7) is 0. The van der Waals surface area contributed by atoms with Crippen LogP contribution in [0.25, 0.3) is 22.9 Å². The molecule has 0 amide bonds. The molecule has 0 aliphatic rings. The molecule has 24 heavy (non-hydrogen) atoms. The zero-order valence-corrected chi connectivity index (χ0v) is 13.6. The molecule has 0 unspecified atom stereocenters. The maximum Gasteiger partial charge on any atom is 0.274 e. The topological polar surface area (TPSA) is 89.8 Å². The van der Waals surface area contributed by atoms with Gasteiger partial charge in [0.2, 0.25) is 0 Å². The zero-order chi connectivity index (χ0) is 17.3. The summed E-state index contributed by atoms with van der Waals surface area (Å²) in [7, 11) is 0. The van der Waals surface area contributed by atoms with E-state index in [0.29, 0.717) is 16.6 Å². The van der Waals surface area contributed by atoms with Crippen LogP contribution in [0.15, 0.2) is 41.2 Å². The standard InChI is InChI=1S/C17H9Cl2N3O2/c18-11-3-1-2-10(16(11)19)15(23)7-14-17(24)22-12-5-4-9(8-20)6-13(12)21-14/h1-7,23H,(H,22,24)/b15-7-. The number of benzene rings is 2. The second kappa shape index (κ2) is 6.36. The summed E-state index contributed by atoms with van der Waals surface area (Å²) in [4.78, 5) is 19.0. The van der Waals surface area contributed by atoms with Crippen molar-refractivity contribution in [1.29, 1.82) is 5.26 Å². The van der Waals surface area contributed by atoms with Crippen molar-refractivity contribution in [1.82, 2.24) is 9.97 Å². The van der Waals surface area contributed by atoms with Crippen molar-refractivity contribution < 1.29 is 5.11 Å². The first-order chi connectivity index (χ1) is 11.5. The maximum absolute atomic E-state index is 12.1. The number of nitriles is 1. The molecule has 7 heteroatoms. The number of fused-ring (bicyclic) bond motifs is 1. The molecule has 0 fully saturated rings. The van der Waals surface area contributed by atoms with Gasteiger partial charge in [0.25, 0.3) is 5.56 Å². The Morgan fingerprint density at radius 2 is 2.08 bits per heavy atom. The van der Waals surface area contributed by atoms with Crippen molar-refractivity contribution in [3.05, 3.63) is 73.6 Å². The minimum Gasteiger partial charge on any atom is -0.507 e. The fraction of sp³-hybridized carbons (Fsp3) is 0. The fourth-order valence-corrected chi connectivity index (χ4v) is 2.57. The number of nitrogens with one attached hydrogen (secondary N) is 1. The smallest absolute Gasteiger partial charge is 0.274 e. The zero-order valence-electron chi connectivity index (χ0n) is 12.0. The SMILES string of the molecule is N#Cc1ccc2[nH]c(=O)c(/C=C(\O)c3cccc(Cl)c3Cl)nc2c1. The Morgan fingerprint density at radius 1 is 1.29 bits per heavy atom. The van der Waals surface area contributed by atoms with Crippen LogP contribution in [0.4, 0.5) is 0 Å². The van der Waals surface area contributed by atoms with Crippen LogP contribution in [-0.4, -0.2) is 15.1 Å². The largest absolute Gasteiger partial charge is 0.507 e. The van der Waals surface area contributed by atoms with Crippen molar-refractivity contribution in [3.63, 3.8) is 0 Å². The summed E-state index contributed by atoms with van der Waals surface area (Å²) < 4.78 is 0. The number of aliphatic hydroxyl groups excluding tert-OH is 1. The molecule has 0 spiro atoms. The average molecular weight is 358 g/mol. The molecule has 0 radical (unpaired) electrons. The van der Waals surface area contributed by atoms with Crippen LogP contribution in [0.1, 0.15) is 16.8 Å². The highest BCUT2D eigenvalue weighted by molar-refractivity contribution is 6.43. The van der Waals surface area contributed by atoms with Gasteiger partial charge in [0.05, 0.1) is 32.7 Å². The number of aliphatic hydroxyl groups is 1. The molecule has 5 nitrogen and oxygen atoms in total. The van der Waals surface area contributed by atoms with Gasteiger partial charge in [-0.3, -0.25) is 4.79 Å². The number of hydrogen-bond acceptors (Lipinski definition) is 4. The van der Waals surface area contributed by atoms with E-state index in [0.717, 1.165) is 0 Å². The first-order valence-corrected chi connectivity index (χ1v) is 7.54. The predicted octanol–water partition coefficient (Wildman–Crippen LogP) is 4.16. The lowest BCUT2D eigenvalue weighted by Crippen LogP contribution is -2.12. The molecule has 0 saturated carbocycles. The van der Waals surface area contributed by atoms with E-state index in [9.17, 15) is 9.90 Å². The van der Waals surface area contributed by atoms with Gasteiger partial charge >= 0.3 is 0 Å². The second-order valence-corrected chi connectivity index (χ2v) is 5.71. The molecule has 2 N–H and O–H groups in total. The summed E-state index contributed by atoms with van der Waals surface area (Å²) in [6, 6.07) is 11.5. The van der Waals surface area contributed by atoms with Gasteiger partial charge in [-0.25, -0.2) is 4.98 Å². The molecule has 2 aromatic carbocycles. The Kier molecular flexibility index (Phi) is 4.26. The number of nitrogens with zero attached hydrogens (tertiary/aromatic N) is 2. The molecule has 1 aromatic heterocycles. The molecule has 0 saturated heterocycles. The maximum atomic E-state index is 12.1. The van der Waals surface area contributed by atoms with Crippen LogP contribution in [0.5, 0.6) is 0 Å². The molecule has 3 aromatic rings. The normalized spacial score (nSPS) is 11.5. The minimum atomic E-state index is -0.475. The van der Waals surface area contributed by atoms with E-state index < -0.39 is 5.56 Å². The highest BCUT2D eigenvalue weighted by atomic mass is 35.5. The highest BCUT2D eigenvalue weighted by Crippen LogP contribution is 2.30. The Bertz CT molecular complexity index is 1080. The van der Waals surface area contributed by atoms with Crippen LogP contribution >= 0.6 is 23.2 Å². The van der Waals surface area contributed by atoms with E-state index in [2.05, 4.69) is 9.97 Å². The van der Waals surface area contributed by atoms with Gasteiger partial charge in [0.1, 0.15) is 11.5 Å². The van der Waals surface area contributed by atoms with Crippen molar-refractivity contribution in [2.75, 3.05) is 0 Å². The van der Waals surface area contributed by atoms with Crippen LogP contribution in [0, 0.1) is 11.3 Å². The first-order valence-electron chi connectivity index (χ1n) is 6.79. The second-order valence-electron chi connectivity index (χ2n) is 4.93. The van der Waals surface area contributed by atoms with E-state index in [1.54, 1.807) is 36.4 Å².